The van der Waals surface area contributed by atoms with E-state index in [0.717, 1.165) is 16.2 Å². The van der Waals surface area contributed by atoms with E-state index in [-0.39, 0.29) is 48.4 Å². The molecule has 37 heavy (non-hydrogen) atoms. The molecule has 1 aliphatic rings. The summed E-state index contributed by atoms with van der Waals surface area (Å²) in [5.41, 5.74) is -0.374. The van der Waals surface area contributed by atoms with Crippen LogP contribution in [-0.4, -0.2) is 33.6 Å². The first-order valence-corrected chi connectivity index (χ1v) is 11.7. The fourth-order valence-electron chi connectivity index (χ4n) is 3.84. The summed E-state index contributed by atoms with van der Waals surface area (Å²) in [5.74, 6) is -0.541. The first kappa shape index (κ1) is 26.7. The highest BCUT2D eigenvalue weighted by atomic mass is 35.5. The molecule has 0 saturated heterocycles. The standard InChI is InChI=1S/C23H21Cl2F3N4O5/c1-30-19-18(20(34)31(22(30)35)9-2-10-33)32(12-13-3-5-14(24)6-4-13)21(29-19)36-15-7-8-16(25)17(11-15)37-23(26,27)28/h3-8,11,21,29,33H,2,9-10,12H2,1H3. The molecular weight excluding hydrogens is 540 g/mol. The maximum atomic E-state index is 13.4. The van der Waals surface area contributed by atoms with Crippen LogP contribution in [0.4, 0.5) is 24.7 Å². The van der Waals surface area contributed by atoms with Gasteiger partial charge in [0.25, 0.3) is 11.9 Å². The summed E-state index contributed by atoms with van der Waals surface area (Å²) in [6.45, 7) is -0.107. The van der Waals surface area contributed by atoms with Gasteiger partial charge in [0.2, 0.25) is 0 Å². The van der Waals surface area contributed by atoms with E-state index in [2.05, 4.69) is 10.1 Å². The molecule has 1 unspecified atom stereocenters. The van der Waals surface area contributed by atoms with E-state index in [0.29, 0.717) is 5.02 Å². The zero-order valence-electron chi connectivity index (χ0n) is 19.3. The summed E-state index contributed by atoms with van der Waals surface area (Å²) in [4.78, 5) is 27.8. The van der Waals surface area contributed by atoms with E-state index in [4.69, 9.17) is 27.9 Å². The molecule has 3 aromatic rings. The number of aliphatic hydroxyl groups excluding tert-OH is 1. The Morgan fingerprint density at radius 1 is 1.11 bits per heavy atom. The van der Waals surface area contributed by atoms with Gasteiger partial charge in [-0.15, -0.1) is 13.2 Å². The van der Waals surface area contributed by atoms with Gasteiger partial charge in [0.05, 0.1) is 5.02 Å². The quantitative estimate of drug-likeness (QED) is 0.430. The highest BCUT2D eigenvalue weighted by molar-refractivity contribution is 6.32. The Labute approximate surface area is 218 Å². The molecule has 2 N–H and O–H groups in total. The number of nitrogens with one attached hydrogen (secondary N) is 1. The molecule has 9 nitrogen and oxygen atoms in total. The van der Waals surface area contributed by atoms with Gasteiger partial charge < -0.3 is 24.8 Å². The van der Waals surface area contributed by atoms with Crippen LogP contribution >= 0.6 is 23.2 Å². The van der Waals surface area contributed by atoms with Gasteiger partial charge in [-0.25, -0.2) is 4.79 Å². The molecule has 1 aromatic heterocycles. The van der Waals surface area contributed by atoms with Crippen molar-refractivity contribution in [3.63, 3.8) is 0 Å². The van der Waals surface area contributed by atoms with E-state index < -0.39 is 29.7 Å². The van der Waals surface area contributed by atoms with Gasteiger partial charge >= 0.3 is 12.1 Å². The van der Waals surface area contributed by atoms with Gasteiger partial charge in [0, 0.05) is 37.8 Å². The van der Waals surface area contributed by atoms with Crippen LogP contribution in [0.1, 0.15) is 12.0 Å². The van der Waals surface area contributed by atoms with Crippen molar-refractivity contribution in [1.82, 2.24) is 9.13 Å². The first-order valence-electron chi connectivity index (χ1n) is 10.9. The Balaban J connectivity index is 1.76. The predicted octanol–water partition coefficient (Wildman–Crippen LogP) is 3.93. The molecule has 0 radical (unpaired) electrons. The third-order valence-electron chi connectivity index (χ3n) is 5.54. The van der Waals surface area contributed by atoms with Crippen LogP contribution in [0.5, 0.6) is 11.5 Å². The van der Waals surface area contributed by atoms with Crippen LogP contribution in [-0.2, 0) is 20.1 Å². The van der Waals surface area contributed by atoms with Gasteiger partial charge in [-0.3, -0.25) is 13.9 Å². The fourth-order valence-corrected chi connectivity index (χ4v) is 4.13. The SMILES string of the molecule is Cn1c2c(c(=O)n(CCCO)c1=O)N(Cc1ccc(Cl)cc1)C(Oc1ccc(Cl)c(OC(F)(F)F)c1)N2. The number of aliphatic hydroxyl groups is 1. The van der Waals surface area contributed by atoms with Gasteiger partial charge in [-0.05, 0) is 36.2 Å². The average molecular weight is 561 g/mol. The number of ether oxygens (including phenoxy) is 2. The maximum Gasteiger partial charge on any atom is 0.573 e. The molecule has 0 saturated carbocycles. The Kier molecular flexibility index (Phi) is 7.62. The Hall–Kier alpha value is -3.35. The molecule has 0 aliphatic carbocycles. The van der Waals surface area contributed by atoms with Crippen molar-refractivity contribution in [2.45, 2.75) is 32.2 Å². The van der Waals surface area contributed by atoms with Crippen molar-refractivity contribution in [1.29, 1.82) is 0 Å². The van der Waals surface area contributed by atoms with Crippen molar-refractivity contribution >= 4 is 34.7 Å². The van der Waals surface area contributed by atoms with Crippen molar-refractivity contribution in [2.75, 3.05) is 16.8 Å². The van der Waals surface area contributed by atoms with Gasteiger partial charge in [-0.1, -0.05) is 35.3 Å². The lowest BCUT2D eigenvalue weighted by Crippen LogP contribution is -2.43. The number of hydrogen-bond acceptors (Lipinski definition) is 7. The lowest BCUT2D eigenvalue weighted by molar-refractivity contribution is -0.274. The molecule has 1 aliphatic heterocycles. The molecule has 198 valence electrons. The minimum atomic E-state index is -4.97. The normalized spacial score (nSPS) is 14.9. The number of rotatable bonds is 8. The number of alkyl halides is 3. The molecule has 2 aromatic carbocycles. The summed E-state index contributed by atoms with van der Waals surface area (Å²) < 4.78 is 50.5. The lowest BCUT2D eigenvalue weighted by Gasteiger charge is -2.27. The van der Waals surface area contributed by atoms with Crippen molar-refractivity contribution in [3.05, 3.63) is 78.9 Å². The number of aromatic nitrogens is 2. The van der Waals surface area contributed by atoms with Crippen molar-refractivity contribution in [3.8, 4) is 11.5 Å². The highest BCUT2D eigenvalue weighted by Gasteiger charge is 2.37. The largest absolute Gasteiger partial charge is 0.573 e. The third-order valence-corrected chi connectivity index (χ3v) is 6.10. The van der Waals surface area contributed by atoms with Crippen molar-refractivity contribution < 1.29 is 27.8 Å². The fraction of sp³-hybridized carbons (Fsp3) is 0.304. The van der Waals surface area contributed by atoms with Crippen LogP contribution < -0.4 is 30.9 Å². The van der Waals surface area contributed by atoms with E-state index in [1.165, 1.54) is 28.6 Å². The maximum absolute atomic E-state index is 13.4. The van der Waals surface area contributed by atoms with E-state index >= 15 is 0 Å². The first-order chi connectivity index (χ1) is 17.5. The summed E-state index contributed by atoms with van der Waals surface area (Å²) in [5, 5.41) is 12.4. The smallest absolute Gasteiger partial charge is 0.452 e. The Morgan fingerprint density at radius 2 is 1.81 bits per heavy atom. The van der Waals surface area contributed by atoms with Gasteiger partial charge in [0.15, 0.2) is 5.75 Å². The average Bonchev–Trinajstić information content (AvgIpc) is 3.18. The number of halogens is 5. The number of benzene rings is 2. The minimum Gasteiger partial charge on any atom is -0.452 e. The molecule has 0 fully saturated rings. The molecule has 0 bridgehead atoms. The predicted molar refractivity (Wildman–Crippen MR) is 131 cm³/mol. The number of nitrogens with zero attached hydrogens (tertiary/aromatic N) is 3. The monoisotopic (exact) mass is 560 g/mol. The molecule has 14 heteroatoms. The summed E-state index contributed by atoms with van der Waals surface area (Å²) in [6.07, 6.45) is -5.88. The van der Waals surface area contributed by atoms with Crippen LogP contribution in [0, 0.1) is 0 Å². The van der Waals surface area contributed by atoms with Gasteiger partial charge in [-0.2, -0.15) is 0 Å². The summed E-state index contributed by atoms with van der Waals surface area (Å²) >= 11 is 11.8. The second kappa shape index (κ2) is 10.6. The van der Waals surface area contributed by atoms with Crippen LogP contribution in [0.15, 0.2) is 52.1 Å². The lowest BCUT2D eigenvalue weighted by atomic mass is 10.2. The number of hydrogen-bond donors (Lipinski definition) is 2. The van der Waals surface area contributed by atoms with Crippen molar-refractivity contribution in [2.24, 2.45) is 7.05 Å². The minimum absolute atomic E-state index is 0.00901. The summed E-state index contributed by atoms with van der Waals surface area (Å²) in [7, 11) is 1.46. The number of fused-ring (bicyclic) bond motifs is 1. The van der Waals surface area contributed by atoms with Crippen LogP contribution in [0.2, 0.25) is 10.0 Å². The van der Waals surface area contributed by atoms with Crippen LogP contribution in [0.25, 0.3) is 0 Å². The van der Waals surface area contributed by atoms with Gasteiger partial charge in [0.1, 0.15) is 17.3 Å². The van der Waals surface area contributed by atoms with E-state index in [1.54, 1.807) is 24.3 Å². The zero-order valence-corrected chi connectivity index (χ0v) is 20.8. The molecule has 2 heterocycles. The second-order valence-electron chi connectivity index (χ2n) is 8.08. The third kappa shape index (κ3) is 5.81. The molecular formula is C23H21Cl2F3N4O5. The summed E-state index contributed by atoms with van der Waals surface area (Å²) in [6, 6.07) is 10.3. The second-order valence-corrected chi connectivity index (χ2v) is 8.93. The van der Waals surface area contributed by atoms with E-state index in [9.17, 15) is 27.9 Å². The van der Waals surface area contributed by atoms with Crippen LogP contribution in [0.3, 0.4) is 0 Å². The molecule has 1 atom stereocenters. The molecule has 0 amide bonds. The topological polar surface area (TPSA) is 98.0 Å². The highest BCUT2D eigenvalue weighted by Crippen LogP contribution is 2.36. The molecule has 4 rings (SSSR count). The van der Waals surface area contributed by atoms with E-state index in [1.807, 2.05) is 0 Å². The Morgan fingerprint density at radius 3 is 2.46 bits per heavy atom. The zero-order chi connectivity index (χ0) is 26.9. The number of anilines is 2. The Bertz CT molecular complexity index is 1410. The molecule has 0 spiro atoms.